The number of thioether (sulfide) groups is 1. The minimum absolute atomic E-state index is 0.0702. The van der Waals surface area contributed by atoms with Crippen LogP contribution in [0.15, 0.2) is 144 Å². The van der Waals surface area contributed by atoms with Gasteiger partial charge in [-0.3, -0.25) is 14.4 Å². The Hall–Kier alpha value is -5.60. The summed E-state index contributed by atoms with van der Waals surface area (Å²) in [6.45, 7) is 4.24. The minimum atomic E-state index is -0.494. The monoisotopic (exact) mass is 641 g/mol. The SMILES string of the molecule is Cc1cccc(NC(=O)C(C)Sc2cccc(NC(=O)/C(=C\c3ccc(OCc4ccccc4)cc3)NC(=O)c3ccccc3)c2)c1. The lowest BCUT2D eigenvalue weighted by Crippen LogP contribution is -2.30. The highest BCUT2D eigenvalue weighted by Crippen LogP contribution is 2.27. The van der Waals surface area contributed by atoms with Crippen LogP contribution in [0.4, 0.5) is 11.4 Å². The third-order valence-corrected chi connectivity index (χ3v) is 8.12. The van der Waals surface area contributed by atoms with Crippen molar-refractivity contribution >= 4 is 46.9 Å². The third-order valence-electron chi connectivity index (χ3n) is 7.03. The fourth-order valence-corrected chi connectivity index (χ4v) is 5.51. The van der Waals surface area contributed by atoms with Crippen molar-refractivity contribution in [3.8, 4) is 5.75 Å². The van der Waals surface area contributed by atoms with Gasteiger partial charge in [-0.2, -0.15) is 0 Å². The molecule has 3 amide bonds. The molecule has 0 aliphatic heterocycles. The molecule has 8 heteroatoms. The molecular weight excluding hydrogens is 607 g/mol. The van der Waals surface area contributed by atoms with E-state index in [1.807, 2.05) is 111 Å². The van der Waals surface area contributed by atoms with Gasteiger partial charge in [0.25, 0.3) is 11.8 Å². The standard InChI is InChI=1S/C39H35N3O4S/c1-27-11-9-16-32(23-27)40-37(43)28(2)47-35-18-10-17-33(25-35)41-39(45)36(42-38(44)31-14-7-4-8-15-31)24-29-19-21-34(22-20-29)46-26-30-12-5-3-6-13-30/h3-25,28H,26H2,1-2H3,(H,40,43)(H,41,45)(H,42,44)/b36-24+. The van der Waals surface area contributed by atoms with Crippen molar-refractivity contribution in [2.45, 2.75) is 30.6 Å². The molecule has 0 saturated carbocycles. The smallest absolute Gasteiger partial charge is 0.272 e. The first-order valence-corrected chi connectivity index (χ1v) is 16.0. The topological polar surface area (TPSA) is 96.5 Å². The number of aryl methyl sites for hydroxylation is 1. The molecule has 5 aromatic carbocycles. The number of hydrogen-bond donors (Lipinski definition) is 3. The first-order chi connectivity index (χ1) is 22.8. The Labute approximate surface area is 279 Å². The van der Waals surface area contributed by atoms with Crippen molar-refractivity contribution in [3.05, 3.63) is 161 Å². The van der Waals surface area contributed by atoms with E-state index in [4.69, 9.17) is 4.74 Å². The van der Waals surface area contributed by atoms with Crippen LogP contribution >= 0.6 is 11.8 Å². The Kier molecular flexibility index (Phi) is 11.2. The summed E-state index contributed by atoms with van der Waals surface area (Å²) in [4.78, 5) is 40.3. The molecule has 47 heavy (non-hydrogen) atoms. The Morgan fingerprint density at radius 2 is 1.40 bits per heavy atom. The van der Waals surface area contributed by atoms with Crippen molar-refractivity contribution in [1.82, 2.24) is 5.32 Å². The second-order valence-corrected chi connectivity index (χ2v) is 12.2. The van der Waals surface area contributed by atoms with Gasteiger partial charge < -0.3 is 20.7 Å². The van der Waals surface area contributed by atoms with Crippen LogP contribution < -0.4 is 20.7 Å². The number of hydrogen-bond acceptors (Lipinski definition) is 5. The fourth-order valence-electron chi connectivity index (χ4n) is 4.58. The quantitative estimate of drug-likeness (QED) is 0.0945. The Morgan fingerprint density at radius 1 is 0.745 bits per heavy atom. The minimum Gasteiger partial charge on any atom is -0.489 e. The molecule has 1 atom stereocenters. The normalized spacial score (nSPS) is 11.7. The van der Waals surface area contributed by atoms with Crippen molar-refractivity contribution in [2.75, 3.05) is 10.6 Å². The molecule has 236 valence electrons. The van der Waals surface area contributed by atoms with Crippen LogP contribution in [-0.2, 0) is 16.2 Å². The fraction of sp³-hybridized carbons (Fsp3) is 0.103. The van der Waals surface area contributed by atoms with Gasteiger partial charge in [-0.25, -0.2) is 0 Å². The van der Waals surface area contributed by atoms with Gasteiger partial charge >= 0.3 is 0 Å². The Morgan fingerprint density at radius 3 is 2.11 bits per heavy atom. The average molecular weight is 642 g/mol. The molecule has 5 rings (SSSR count). The van der Waals surface area contributed by atoms with Gasteiger partial charge in [0.15, 0.2) is 0 Å². The van der Waals surface area contributed by atoms with Gasteiger partial charge in [-0.15, -0.1) is 11.8 Å². The summed E-state index contributed by atoms with van der Waals surface area (Å²) in [5, 5.41) is 8.23. The van der Waals surface area contributed by atoms with Crippen LogP contribution in [0.2, 0.25) is 0 Å². The van der Waals surface area contributed by atoms with E-state index < -0.39 is 11.8 Å². The van der Waals surface area contributed by atoms with Crippen LogP contribution in [0.5, 0.6) is 5.75 Å². The number of amides is 3. The molecule has 7 nitrogen and oxygen atoms in total. The Balaban J connectivity index is 1.28. The number of carbonyl (C=O) groups is 3. The lowest BCUT2D eigenvalue weighted by atomic mass is 10.1. The lowest BCUT2D eigenvalue weighted by Gasteiger charge is -2.14. The average Bonchev–Trinajstić information content (AvgIpc) is 3.08. The van der Waals surface area contributed by atoms with Crippen LogP contribution in [0.25, 0.3) is 6.08 Å². The summed E-state index contributed by atoms with van der Waals surface area (Å²) >= 11 is 1.38. The van der Waals surface area contributed by atoms with E-state index in [-0.39, 0.29) is 16.9 Å². The van der Waals surface area contributed by atoms with E-state index in [0.29, 0.717) is 29.2 Å². The molecular formula is C39H35N3O4S. The second kappa shape index (κ2) is 16.1. The van der Waals surface area contributed by atoms with Gasteiger partial charge in [0, 0.05) is 21.8 Å². The Bertz CT molecular complexity index is 1860. The zero-order valence-electron chi connectivity index (χ0n) is 26.1. The molecule has 5 aromatic rings. The highest BCUT2D eigenvalue weighted by atomic mass is 32.2. The third kappa shape index (κ3) is 9.94. The number of ether oxygens (including phenoxy) is 1. The maximum absolute atomic E-state index is 13.6. The molecule has 0 heterocycles. The van der Waals surface area contributed by atoms with E-state index in [1.165, 1.54) is 11.8 Å². The van der Waals surface area contributed by atoms with E-state index in [0.717, 1.165) is 21.7 Å². The lowest BCUT2D eigenvalue weighted by molar-refractivity contribution is -0.115. The highest BCUT2D eigenvalue weighted by Gasteiger charge is 2.17. The molecule has 0 aliphatic rings. The van der Waals surface area contributed by atoms with Gasteiger partial charge in [0.2, 0.25) is 5.91 Å². The molecule has 1 unspecified atom stereocenters. The molecule has 0 bridgehead atoms. The maximum atomic E-state index is 13.6. The largest absolute Gasteiger partial charge is 0.489 e. The van der Waals surface area contributed by atoms with E-state index in [1.54, 1.807) is 42.5 Å². The van der Waals surface area contributed by atoms with Gasteiger partial charge in [-0.1, -0.05) is 78.9 Å². The summed E-state index contributed by atoms with van der Waals surface area (Å²) in [6, 6.07) is 40.8. The summed E-state index contributed by atoms with van der Waals surface area (Å²) < 4.78 is 5.89. The zero-order chi connectivity index (χ0) is 33.0. The van der Waals surface area contributed by atoms with Gasteiger partial charge in [0.1, 0.15) is 18.1 Å². The molecule has 3 N–H and O–H groups in total. The summed E-state index contributed by atoms with van der Waals surface area (Å²) in [7, 11) is 0. The molecule has 0 saturated heterocycles. The summed E-state index contributed by atoms with van der Waals surface area (Å²) in [6.07, 6.45) is 1.62. The van der Waals surface area contributed by atoms with Crippen LogP contribution in [0.3, 0.4) is 0 Å². The van der Waals surface area contributed by atoms with E-state index >= 15 is 0 Å². The van der Waals surface area contributed by atoms with Crippen molar-refractivity contribution in [3.63, 3.8) is 0 Å². The first-order valence-electron chi connectivity index (χ1n) is 15.1. The second-order valence-electron chi connectivity index (χ2n) is 10.8. The molecule has 0 spiro atoms. The molecule has 0 radical (unpaired) electrons. The van der Waals surface area contributed by atoms with Gasteiger partial charge in [0.05, 0.1) is 5.25 Å². The maximum Gasteiger partial charge on any atom is 0.272 e. The van der Waals surface area contributed by atoms with E-state index in [9.17, 15) is 14.4 Å². The predicted octanol–water partition coefficient (Wildman–Crippen LogP) is 8.10. The number of nitrogens with one attached hydrogen (secondary N) is 3. The van der Waals surface area contributed by atoms with Crippen molar-refractivity contribution < 1.29 is 19.1 Å². The number of carbonyl (C=O) groups excluding carboxylic acids is 3. The van der Waals surface area contributed by atoms with Crippen LogP contribution in [0, 0.1) is 6.92 Å². The first kappa shape index (κ1) is 32.8. The van der Waals surface area contributed by atoms with Crippen molar-refractivity contribution in [2.24, 2.45) is 0 Å². The van der Waals surface area contributed by atoms with Gasteiger partial charge in [-0.05, 0) is 91.2 Å². The molecule has 0 aliphatic carbocycles. The highest BCUT2D eigenvalue weighted by molar-refractivity contribution is 8.00. The zero-order valence-corrected chi connectivity index (χ0v) is 26.9. The molecule has 0 fully saturated rings. The summed E-state index contributed by atoms with van der Waals surface area (Å²) in [5.41, 5.74) is 4.58. The number of benzene rings is 5. The van der Waals surface area contributed by atoms with Crippen LogP contribution in [-0.4, -0.2) is 23.0 Å². The number of anilines is 2. The predicted molar refractivity (Wildman–Crippen MR) is 189 cm³/mol. The van der Waals surface area contributed by atoms with E-state index in [2.05, 4.69) is 16.0 Å². The molecule has 0 aromatic heterocycles. The number of rotatable bonds is 12. The summed E-state index contributed by atoms with van der Waals surface area (Å²) in [5.74, 6) is -0.347. The van der Waals surface area contributed by atoms with Crippen molar-refractivity contribution in [1.29, 1.82) is 0 Å². The van der Waals surface area contributed by atoms with Crippen LogP contribution in [0.1, 0.15) is 34.0 Å².